The number of aromatic amines is 1. The van der Waals surface area contributed by atoms with Crippen molar-refractivity contribution in [3.63, 3.8) is 0 Å². The van der Waals surface area contributed by atoms with Crippen LogP contribution in [0, 0.1) is 0 Å². The summed E-state index contributed by atoms with van der Waals surface area (Å²) in [6.07, 6.45) is 6.61. The van der Waals surface area contributed by atoms with Crippen molar-refractivity contribution in [3.05, 3.63) is 51.9 Å². The number of H-pyrrole nitrogens is 1. The first-order valence-electron chi connectivity index (χ1n) is 10.9. The number of likely N-dealkylation sites (tertiary alicyclic amines) is 1. The molecule has 1 aromatic heterocycles. The van der Waals surface area contributed by atoms with Gasteiger partial charge in [0.1, 0.15) is 5.82 Å². The lowest BCUT2D eigenvalue weighted by Crippen LogP contribution is -2.42. The Morgan fingerprint density at radius 2 is 2.03 bits per heavy atom. The lowest BCUT2D eigenvalue weighted by molar-refractivity contribution is -0.125. The van der Waals surface area contributed by atoms with Crippen LogP contribution in [-0.4, -0.2) is 39.9 Å². The van der Waals surface area contributed by atoms with E-state index in [1.165, 1.54) is 12.8 Å². The number of benzene rings is 1. The van der Waals surface area contributed by atoms with Gasteiger partial charge in [0, 0.05) is 30.6 Å². The Kier molecular flexibility index (Phi) is 6.09. The second-order valence-corrected chi connectivity index (χ2v) is 8.22. The average molecular weight is 395 g/mol. The van der Waals surface area contributed by atoms with Crippen molar-refractivity contribution >= 4 is 5.91 Å². The molecule has 1 saturated carbocycles. The van der Waals surface area contributed by atoms with E-state index in [1.807, 2.05) is 19.1 Å². The molecule has 1 atom stereocenters. The zero-order chi connectivity index (χ0) is 20.2. The van der Waals surface area contributed by atoms with Gasteiger partial charge in [-0.05, 0) is 50.8 Å². The van der Waals surface area contributed by atoms with Gasteiger partial charge < -0.3 is 10.3 Å². The van der Waals surface area contributed by atoms with E-state index in [1.54, 1.807) is 6.07 Å². The number of aromatic nitrogens is 2. The molecule has 1 aliphatic heterocycles. The SMILES string of the molecule is CCNC(=O)[C@@H]1CCCN1Cc1cccc(-c2nc(C3CCCC3)cc(=O)[nH]2)c1. The number of carbonyl (C=O) groups excluding carboxylic acids is 1. The van der Waals surface area contributed by atoms with Crippen LogP contribution in [0.1, 0.15) is 62.6 Å². The molecule has 0 bridgehead atoms. The highest BCUT2D eigenvalue weighted by Crippen LogP contribution is 2.33. The largest absolute Gasteiger partial charge is 0.355 e. The molecule has 2 fully saturated rings. The molecule has 4 rings (SSSR count). The summed E-state index contributed by atoms with van der Waals surface area (Å²) in [5.74, 6) is 1.17. The van der Waals surface area contributed by atoms with Crippen LogP contribution in [0.5, 0.6) is 0 Å². The number of hydrogen-bond donors (Lipinski definition) is 2. The van der Waals surface area contributed by atoms with Gasteiger partial charge in [-0.2, -0.15) is 0 Å². The maximum absolute atomic E-state index is 12.3. The monoisotopic (exact) mass is 394 g/mol. The highest BCUT2D eigenvalue weighted by atomic mass is 16.2. The summed E-state index contributed by atoms with van der Waals surface area (Å²) in [5.41, 5.74) is 2.89. The van der Waals surface area contributed by atoms with Gasteiger partial charge in [-0.1, -0.05) is 31.0 Å². The summed E-state index contributed by atoms with van der Waals surface area (Å²) in [6.45, 7) is 4.27. The lowest BCUT2D eigenvalue weighted by Gasteiger charge is -2.23. The Bertz CT molecular complexity index is 917. The summed E-state index contributed by atoms with van der Waals surface area (Å²) in [7, 11) is 0. The van der Waals surface area contributed by atoms with Crippen LogP contribution >= 0.6 is 0 Å². The number of nitrogens with one attached hydrogen (secondary N) is 2. The van der Waals surface area contributed by atoms with E-state index >= 15 is 0 Å². The fraction of sp³-hybridized carbons (Fsp3) is 0.522. The lowest BCUT2D eigenvalue weighted by atomic mass is 10.0. The summed E-state index contributed by atoms with van der Waals surface area (Å²) >= 11 is 0. The van der Waals surface area contributed by atoms with Gasteiger partial charge in [-0.25, -0.2) is 4.98 Å². The van der Waals surface area contributed by atoms with Crippen LogP contribution in [0.2, 0.25) is 0 Å². The molecule has 0 spiro atoms. The Morgan fingerprint density at radius 3 is 2.83 bits per heavy atom. The van der Waals surface area contributed by atoms with Gasteiger partial charge in [-0.3, -0.25) is 14.5 Å². The molecule has 2 aromatic rings. The van der Waals surface area contributed by atoms with E-state index in [4.69, 9.17) is 4.98 Å². The van der Waals surface area contributed by atoms with Crippen molar-refractivity contribution in [1.29, 1.82) is 0 Å². The zero-order valence-electron chi connectivity index (χ0n) is 17.1. The second kappa shape index (κ2) is 8.91. The molecule has 1 aliphatic carbocycles. The Labute approximate surface area is 171 Å². The maximum atomic E-state index is 12.3. The quantitative estimate of drug-likeness (QED) is 0.789. The van der Waals surface area contributed by atoms with E-state index in [0.29, 0.717) is 18.3 Å². The normalized spacial score (nSPS) is 20.2. The van der Waals surface area contributed by atoms with Crippen LogP contribution in [0.3, 0.4) is 0 Å². The van der Waals surface area contributed by atoms with Crippen molar-refractivity contribution in [2.45, 2.75) is 64.0 Å². The molecule has 154 valence electrons. The molecule has 6 heteroatoms. The molecule has 2 heterocycles. The molecule has 29 heavy (non-hydrogen) atoms. The average Bonchev–Trinajstić information content (AvgIpc) is 3.40. The zero-order valence-corrected chi connectivity index (χ0v) is 17.1. The smallest absolute Gasteiger partial charge is 0.251 e. The molecule has 6 nitrogen and oxygen atoms in total. The van der Waals surface area contributed by atoms with Crippen molar-refractivity contribution in [2.24, 2.45) is 0 Å². The summed E-state index contributed by atoms with van der Waals surface area (Å²) in [4.78, 5) is 34.5. The molecule has 1 aromatic carbocycles. The highest BCUT2D eigenvalue weighted by molar-refractivity contribution is 5.82. The first-order chi connectivity index (χ1) is 14.1. The molecular weight excluding hydrogens is 364 g/mol. The van der Waals surface area contributed by atoms with Crippen LogP contribution in [0.4, 0.5) is 0 Å². The van der Waals surface area contributed by atoms with Gasteiger partial charge in [0.2, 0.25) is 5.91 Å². The third kappa shape index (κ3) is 4.58. The predicted molar refractivity (Wildman–Crippen MR) is 114 cm³/mol. The number of likely N-dealkylation sites (N-methyl/N-ethyl adjacent to an activating group) is 1. The van der Waals surface area contributed by atoms with Gasteiger partial charge in [0.05, 0.1) is 11.7 Å². The highest BCUT2D eigenvalue weighted by Gasteiger charge is 2.30. The summed E-state index contributed by atoms with van der Waals surface area (Å²) < 4.78 is 0. The van der Waals surface area contributed by atoms with Crippen molar-refractivity contribution < 1.29 is 4.79 Å². The minimum Gasteiger partial charge on any atom is -0.355 e. The molecule has 0 unspecified atom stereocenters. The first-order valence-corrected chi connectivity index (χ1v) is 10.9. The third-order valence-corrected chi connectivity index (χ3v) is 6.14. The van der Waals surface area contributed by atoms with E-state index in [-0.39, 0.29) is 17.5 Å². The molecule has 1 amide bonds. The van der Waals surface area contributed by atoms with Crippen LogP contribution in [-0.2, 0) is 11.3 Å². The summed E-state index contributed by atoms with van der Waals surface area (Å²) in [6, 6.07) is 9.77. The second-order valence-electron chi connectivity index (χ2n) is 8.22. The van der Waals surface area contributed by atoms with Crippen molar-refractivity contribution in [3.8, 4) is 11.4 Å². The van der Waals surface area contributed by atoms with E-state index in [9.17, 15) is 9.59 Å². The maximum Gasteiger partial charge on any atom is 0.251 e. The fourth-order valence-corrected chi connectivity index (χ4v) is 4.70. The van der Waals surface area contributed by atoms with E-state index in [0.717, 1.165) is 55.6 Å². The predicted octanol–water partition coefficient (Wildman–Crippen LogP) is 3.20. The molecule has 1 saturated heterocycles. The van der Waals surface area contributed by atoms with Crippen molar-refractivity contribution in [2.75, 3.05) is 13.1 Å². The number of rotatable bonds is 6. The number of carbonyl (C=O) groups is 1. The summed E-state index contributed by atoms with van der Waals surface area (Å²) in [5, 5.41) is 2.95. The molecule has 0 radical (unpaired) electrons. The fourth-order valence-electron chi connectivity index (χ4n) is 4.70. The van der Waals surface area contributed by atoms with Gasteiger partial charge >= 0.3 is 0 Å². The standard InChI is InChI=1S/C23H30N4O2/c1-2-24-23(29)20-11-6-12-27(20)15-16-7-5-10-18(13-16)22-25-19(14-21(28)26-22)17-8-3-4-9-17/h5,7,10,13-14,17,20H,2-4,6,8-9,11-12,15H2,1H3,(H,24,29)(H,25,26,28)/t20-/m0/s1. The van der Waals surface area contributed by atoms with E-state index < -0.39 is 0 Å². The Hall–Kier alpha value is -2.47. The Morgan fingerprint density at radius 1 is 1.21 bits per heavy atom. The Balaban J connectivity index is 1.55. The minimum atomic E-state index is -0.0850. The topological polar surface area (TPSA) is 78.1 Å². The molecule has 2 aliphatic rings. The van der Waals surface area contributed by atoms with Gasteiger partial charge in [-0.15, -0.1) is 0 Å². The number of hydrogen-bond acceptors (Lipinski definition) is 4. The van der Waals surface area contributed by atoms with Crippen LogP contribution in [0.25, 0.3) is 11.4 Å². The first kappa shape index (κ1) is 19.8. The third-order valence-electron chi connectivity index (χ3n) is 6.14. The molecule has 2 N–H and O–H groups in total. The van der Waals surface area contributed by atoms with Crippen molar-refractivity contribution in [1.82, 2.24) is 20.2 Å². The van der Waals surface area contributed by atoms with Crippen LogP contribution in [0.15, 0.2) is 35.1 Å². The van der Waals surface area contributed by atoms with Crippen LogP contribution < -0.4 is 10.9 Å². The van der Waals surface area contributed by atoms with Gasteiger partial charge in [0.25, 0.3) is 5.56 Å². The van der Waals surface area contributed by atoms with E-state index in [2.05, 4.69) is 27.3 Å². The van der Waals surface area contributed by atoms with Gasteiger partial charge in [0.15, 0.2) is 0 Å². The number of amides is 1. The minimum absolute atomic E-state index is 0.0535. The number of nitrogens with zero attached hydrogens (tertiary/aromatic N) is 2. The molecular formula is C23H30N4O2.